The van der Waals surface area contributed by atoms with Gasteiger partial charge >= 0.3 is 6.18 Å². The minimum absolute atomic E-state index is 0.120. The Morgan fingerprint density at radius 1 is 1.29 bits per heavy atom. The molecule has 1 atom stereocenters. The molecule has 3 N–H and O–H groups in total. The average molecular weight is 531 g/mol. The molecule has 3 heterocycles. The van der Waals surface area contributed by atoms with Gasteiger partial charge in [0.25, 0.3) is 0 Å². The number of rotatable bonds is 6. The van der Waals surface area contributed by atoms with Crippen LogP contribution in [-0.2, 0) is 4.74 Å². The lowest BCUT2D eigenvalue weighted by atomic mass is 9.95. The van der Waals surface area contributed by atoms with E-state index in [1.54, 1.807) is 32.4 Å². The van der Waals surface area contributed by atoms with Crippen molar-refractivity contribution >= 4 is 11.9 Å². The Labute approximate surface area is 225 Å². The van der Waals surface area contributed by atoms with Gasteiger partial charge in [-0.25, -0.2) is 4.98 Å². The molecule has 0 aromatic carbocycles. The van der Waals surface area contributed by atoms with Gasteiger partial charge in [0.15, 0.2) is 6.23 Å². The fourth-order valence-electron chi connectivity index (χ4n) is 4.31. The SMILES string of the molecule is COC1NC=Cc2c1ccnc2N.C\C=C/C(=C\C(=C\CC)C(F)(F)F)C(/C=C1/CCCCN1C)=C(C)C. The number of halogens is 3. The van der Waals surface area contributed by atoms with Crippen LogP contribution in [0.3, 0.4) is 0 Å². The van der Waals surface area contributed by atoms with E-state index < -0.39 is 11.7 Å². The van der Waals surface area contributed by atoms with Crippen LogP contribution in [-0.4, -0.2) is 36.8 Å². The highest BCUT2D eigenvalue weighted by molar-refractivity contribution is 5.66. The van der Waals surface area contributed by atoms with Crippen LogP contribution in [0.1, 0.15) is 70.7 Å². The van der Waals surface area contributed by atoms with Crippen molar-refractivity contribution in [3.8, 4) is 0 Å². The summed E-state index contributed by atoms with van der Waals surface area (Å²) < 4.78 is 45.2. The van der Waals surface area contributed by atoms with Crippen LogP contribution in [0.2, 0.25) is 0 Å². The molecule has 1 fully saturated rings. The zero-order valence-corrected chi connectivity index (χ0v) is 23.3. The Hall–Kier alpha value is -3.26. The highest BCUT2D eigenvalue weighted by Crippen LogP contribution is 2.32. The monoisotopic (exact) mass is 530 g/mol. The van der Waals surface area contributed by atoms with Gasteiger partial charge in [-0.15, -0.1) is 0 Å². The second-order valence-corrected chi connectivity index (χ2v) is 9.41. The molecule has 1 unspecified atom stereocenters. The lowest BCUT2D eigenvalue weighted by molar-refractivity contribution is -0.0884. The third-order valence-corrected chi connectivity index (χ3v) is 6.31. The van der Waals surface area contributed by atoms with E-state index in [0.717, 1.165) is 48.1 Å². The van der Waals surface area contributed by atoms with E-state index >= 15 is 0 Å². The first kappa shape index (κ1) is 31.0. The normalized spacial score (nSPS) is 19.1. The molecule has 5 nitrogen and oxygen atoms in total. The second kappa shape index (κ2) is 14.6. The fraction of sp³-hybridized carbons (Fsp3) is 0.433. The summed E-state index contributed by atoms with van der Waals surface area (Å²) in [6, 6.07) is 1.90. The largest absolute Gasteiger partial charge is 0.416 e. The first-order valence-corrected chi connectivity index (χ1v) is 12.9. The van der Waals surface area contributed by atoms with Crippen molar-refractivity contribution < 1.29 is 17.9 Å². The van der Waals surface area contributed by atoms with Gasteiger partial charge in [-0.2, -0.15) is 13.2 Å². The lowest BCUT2D eigenvalue weighted by Gasteiger charge is -2.28. The van der Waals surface area contributed by atoms with Crippen LogP contribution in [0.5, 0.6) is 0 Å². The van der Waals surface area contributed by atoms with Crippen LogP contribution in [0.4, 0.5) is 19.0 Å². The van der Waals surface area contributed by atoms with Gasteiger partial charge in [0, 0.05) is 43.7 Å². The number of alkyl halides is 3. The summed E-state index contributed by atoms with van der Waals surface area (Å²) in [5.41, 5.74) is 10.8. The maximum absolute atomic E-state index is 13.3. The van der Waals surface area contributed by atoms with E-state index in [4.69, 9.17) is 10.5 Å². The molecular weight excluding hydrogens is 489 g/mol. The summed E-state index contributed by atoms with van der Waals surface area (Å²) in [5.74, 6) is 0.539. The van der Waals surface area contributed by atoms with Crippen molar-refractivity contribution in [1.82, 2.24) is 15.2 Å². The maximum Gasteiger partial charge on any atom is 0.416 e. The summed E-state index contributed by atoms with van der Waals surface area (Å²) in [6.45, 7) is 8.43. The predicted octanol–water partition coefficient (Wildman–Crippen LogP) is 7.61. The van der Waals surface area contributed by atoms with Crippen LogP contribution in [0, 0.1) is 0 Å². The maximum atomic E-state index is 13.3. The highest BCUT2D eigenvalue weighted by Gasteiger charge is 2.32. The molecule has 0 aliphatic carbocycles. The van der Waals surface area contributed by atoms with E-state index in [1.807, 2.05) is 46.2 Å². The second-order valence-electron chi connectivity index (χ2n) is 9.41. The number of hydrogen-bond acceptors (Lipinski definition) is 5. The molecule has 208 valence electrons. The van der Waals surface area contributed by atoms with Gasteiger partial charge in [0.05, 0.1) is 5.57 Å². The molecule has 0 spiro atoms. The number of nitrogens with zero attached hydrogens (tertiary/aromatic N) is 2. The summed E-state index contributed by atoms with van der Waals surface area (Å²) in [7, 11) is 3.70. The third kappa shape index (κ3) is 8.65. The number of nitrogens with two attached hydrogens (primary N) is 1. The first-order chi connectivity index (χ1) is 18.0. The minimum atomic E-state index is -4.34. The van der Waals surface area contributed by atoms with E-state index in [1.165, 1.54) is 17.8 Å². The van der Waals surface area contributed by atoms with E-state index in [9.17, 15) is 13.2 Å². The van der Waals surface area contributed by atoms with Gasteiger partial charge < -0.3 is 20.7 Å². The fourth-order valence-corrected chi connectivity index (χ4v) is 4.31. The molecule has 8 heteroatoms. The highest BCUT2D eigenvalue weighted by atomic mass is 19.4. The molecule has 0 radical (unpaired) electrons. The van der Waals surface area contributed by atoms with Crippen LogP contribution in [0.15, 0.2) is 76.8 Å². The molecule has 1 aromatic heterocycles. The summed E-state index contributed by atoms with van der Waals surface area (Å²) in [6.07, 6.45) is 12.6. The van der Waals surface area contributed by atoms with Crippen LogP contribution < -0.4 is 11.1 Å². The molecule has 1 aromatic rings. The van der Waals surface area contributed by atoms with Crippen molar-refractivity contribution in [2.45, 2.75) is 65.8 Å². The Morgan fingerprint density at radius 3 is 2.61 bits per heavy atom. The molecule has 3 rings (SSSR count). The number of hydrogen-bond donors (Lipinski definition) is 2. The quantitative estimate of drug-likeness (QED) is 0.371. The Morgan fingerprint density at radius 2 is 2.03 bits per heavy atom. The number of aromatic nitrogens is 1. The number of anilines is 1. The smallest absolute Gasteiger partial charge is 0.383 e. The summed E-state index contributed by atoms with van der Waals surface area (Å²) >= 11 is 0. The Kier molecular flexibility index (Phi) is 11.9. The molecule has 0 amide bonds. The zero-order chi connectivity index (χ0) is 28.3. The lowest BCUT2D eigenvalue weighted by Crippen LogP contribution is -2.23. The predicted molar refractivity (Wildman–Crippen MR) is 151 cm³/mol. The number of ether oxygens (including phenoxy) is 1. The molecule has 0 saturated carbocycles. The number of allylic oxidation sites excluding steroid dienone is 10. The van der Waals surface area contributed by atoms with Crippen LogP contribution in [0.25, 0.3) is 6.08 Å². The summed E-state index contributed by atoms with van der Waals surface area (Å²) in [5, 5.41) is 3.07. The van der Waals surface area contributed by atoms with Gasteiger partial charge in [-0.3, -0.25) is 0 Å². The number of methoxy groups -OCH3 is 1. The first-order valence-electron chi connectivity index (χ1n) is 12.9. The van der Waals surface area contributed by atoms with E-state index in [-0.39, 0.29) is 6.23 Å². The minimum Gasteiger partial charge on any atom is -0.383 e. The van der Waals surface area contributed by atoms with Crippen molar-refractivity contribution in [1.29, 1.82) is 0 Å². The Balaban J connectivity index is 0.000000323. The van der Waals surface area contributed by atoms with E-state index in [2.05, 4.69) is 21.3 Å². The molecule has 2 aliphatic rings. The van der Waals surface area contributed by atoms with Crippen LogP contribution >= 0.6 is 0 Å². The van der Waals surface area contributed by atoms with Gasteiger partial charge in [-0.1, -0.05) is 30.7 Å². The van der Waals surface area contributed by atoms with Crippen molar-refractivity contribution in [2.75, 3.05) is 26.4 Å². The number of fused-ring (bicyclic) bond motifs is 1. The molecule has 38 heavy (non-hydrogen) atoms. The number of nitrogens with one attached hydrogen (secondary N) is 1. The van der Waals surface area contributed by atoms with Crippen molar-refractivity contribution in [3.05, 3.63) is 88.0 Å². The summed E-state index contributed by atoms with van der Waals surface area (Å²) in [4.78, 5) is 6.21. The van der Waals surface area contributed by atoms with Crippen molar-refractivity contribution in [2.24, 2.45) is 0 Å². The third-order valence-electron chi connectivity index (χ3n) is 6.31. The van der Waals surface area contributed by atoms with Gasteiger partial charge in [0.2, 0.25) is 0 Å². The zero-order valence-electron chi connectivity index (χ0n) is 23.3. The molecule has 0 bridgehead atoms. The standard InChI is InChI=1S/C21H30F3N.C9H11N3O/c1-6-10-17(14-18(11-7-2)21(22,23)24)20(16(3)4)15-19-12-8-9-13-25(19)5;1-13-9-7-3-4-11-8(10)6(7)2-5-12-9/h6,10-11,14-15H,7-9,12-13H2,1-5H3;2-5,9,12H,1H3,(H2,10,11)/b10-6-,17-14+,18-11-,19-15-;. The number of piperidine rings is 1. The molecule has 1 saturated heterocycles. The van der Waals surface area contributed by atoms with Gasteiger partial charge in [-0.05, 0) is 88.1 Å². The van der Waals surface area contributed by atoms with E-state index in [0.29, 0.717) is 17.8 Å². The molecular formula is C30H41F3N4O. The molecule has 2 aliphatic heterocycles. The van der Waals surface area contributed by atoms with Crippen molar-refractivity contribution in [3.63, 3.8) is 0 Å². The average Bonchev–Trinajstić information content (AvgIpc) is 2.87. The Bertz CT molecular complexity index is 1120. The number of pyridine rings is 1. The topological polar surface area (TPSA) is 63.4 Å². The number of nitrogen functional groups attached to an aromatic ring is 1. The number of likely N-dealkylation sites (tertiary alicyclic amines) is 1. The van der Waals surface area contributed by atoms with Gasteiger partial charge in [0.1, 0.15) is 5.82 Å².